The van der Waals surface area contributed by atoms with Crippen molar-refractivity contribution < 1.29 is 19.1 Å². The standard InChI is InChI=1S/C28H20BrClN2O4/c1-36-22-12-10-16(13-19(22)29)26(33)25-24-23(21-11-9-15-5-2-3-8-20(15)32(21)25)27(34)31(28(24)35)18-7-4-6-17(30)14-18/h2-14,21,23-25H,1H3/t21-,23-,24-,25+/m0/s1. The Morgan fingerprint density at radius 1 is 0.972 bits per heavy atom. The van der Waals surface area contributed by atoms with Gasteiger partial charge in [-0.25, -0.2) is 4.90 Å². The highest BCUT2D eigenvalue weighted by Crippen LogP contribution is 2.50. The molecule has 0 aliphatic carbocycles. The van der Waals surface area contributed by atoms with Crippen molar-refractivity contribution in [3.05, 3.63) is 93.4 Å². The lowest BCUT2D eigenvalue weighted by atomic mass is 9.86. The molecular weight excluding hydrogens is 544 g/mol. The van der Waals surface area contributed by atoms with Gasteiger partial charge >= 0.3 is 0 Å². The molecule has 0 unspecified atom stereocenters. The molecule has 0 N–H and O–H groups in total. The maximum Gasteiger partial charge on any atom is 0.240 e. The second-order valence-corrected chi connectivity index (χ2v) is 10.3. The molecule has 2 amide bonds. The van der Waals surface area contributed by atoms with E-state index in [9.17, 15) is 14.4 Å². The Hall–Kier alpha value is -3.42. The van der Waals surface area contributed by atoms with E-state index < -0.39 is 29.8 Å². The summed E-state index contributed by atoms with van der Waals surface area (Å²) in [6, 6.07) is 18.2. The van der Waals surface area contributed by atoms with Crippen LogP contribution in [0.25, 0.3) is 6.08 Å². The Balaban J connectivity index is 1.49. The molecular formula is C28H20BrClN2O4. The van der Waals surface area contributed by atoms with Gasteiger partial charge in [-0.3, -0.25) is 14.4 Å². The van der Waals surface area contributed by atoms with Crippen LogP contribution >= 0.6 is 27.5 Å². The molecule has 2 fully saturated rings. The van der Waals surface area contributed by atoms with Crippen molar-refractivity contribution in [3.8, 4) is 5.75 Å². The van der Waals surface area contributed by atoms with E-state index in [1.54, 1.807) is 49.6 Å². The van der Waals surface area contributed by atoms with Crippen LogP contribution in [0.15, 0.2) is 77.3 Å². The Bertz CT molecular complexity index is 1470. The number of anilines is 2. The summed E-state index contributed by atoms with van der Waals surface area (Å²) in [4.78, 5) is 45.0. The third-order valence-corrected chi connectivity index (χ3v) is 8.04. The molecule has 6 nitrogen and oxygen atoms in total. The van der Waals surface area contributed by atoms with Crippen molar-refractivity contribution in [2.75, 3.05) is 16.9 Å². The number of nitrogens with zero attached hydrogens (tertiary/aromatic N) is 2. The fourth-order valence-corrected chi connectivity index (χ4v) is 6.40. The normalized spacial score (nSPS) is 24.0. The quantitative estimate of drug-likeness (QED) is 0.315. The Morgan fingerprint density at radius 3 is 2.50 bits per heavy atom. The van der Waals surface area contributed by atoms with Gasteiger partial charge in [-0.1, -0.05) is 48.0 Å². The molecule has 8 heteroatoms. The summed E-state index contributed by atoms with van der Waals surface area (Å²) in [6.45, 7) is 0. The molecule has 36 heavy (non-hydrogen) atoms. The van der Waals surface area contributed by atoms with Crippen molar-refractivity contribution >= 4 is 62.6 Å². The van der Waals surface area contributed by atoms with Crippen molar-refractivity contribution in [2.45, 2.75) is 12.1 Å². The summed E-state index contributed by atoms with van der Waals surface area (Å²) in [5.41, 5.74) is 2.62. The number of ketones is 1. The van der Waals surface area contributed by atoms with Crippen molar-refractivity contribution in [2.24, 2.45) is 11.8 Å². The Kier molecular flexibility index (Phi) is 5.50. The highest BCUT2D eigenvalue weighted by molar-refractivity contribution is 9.10. The van der Waals surface area contributed by atoms with Crippen molar-refractivity contribution in [1.82, 2.24) is 0 Å². The molecule has 0 radical (unpaired) electrons. The highest BCUT2D eigenvalue weighted by Gasteiger charge is 2.64. The van der Waals surface area contributed by atoms with E-state index in [1.165, 1.54) is 4.90 Å². The van der Waals surface area contributed by atoms with Crippen LogP contribution in [-0.4, -0.2) is 36.8 Å². The SMILES string of the molecule is COc1ccc(C(=O)[C@H]2[C@H]3C(=O)N(c4cccc(Cl)c4)C(=O)[C@H]3[C@@H]3C=Cc4ccccc4N32)cc1Br. The van der Waals surface area contributed by atoms with Gasteiger partial charge in [0.05, 0.1) is 35.1 Å². The molecule has 0 bridgehead atoms. The predicted octanol–water partition coefficient (Wildman–Crippen LogP) is 5.38. The van der Waals surface area contributed by atoms with Crippen LogP contribution in [0.4, 0.5) is 11.4 Å². The number of fused-ring (bicyclic) bond motifs is 5. The molecule has 3 aliphatic rings. The van der Waals surface area contributed by atoms with Crippen LogP contribution in [0, 0.1) is 11.8 Å². The number of carbonyl (C=O) groups excluding carboxylic acids is 3. The summed E-state index contributed by atoms with van der Waals surface area (Å²) in [5, 5.41) is 0.425. The van der Waals surface area contributed by atoms with Crippen LogP contribution in [0.3, 0.4) is 0 Å². The average Bonchev–Trinajstić information content (AvgIpc) is 3.36. The lowest BCUT2D eigenvalue weighted by Gasteiger charge is -2.36. The minimum atomic E-state index is -0.855. The summed E-state index contributed by atoms with van der Waals surface area (Å²) in [7, 11) is 1.55. The van der Waals surface area contributed by atoms with Crippen LogP contribution in [-0.2, 0) is 9.59 Å². The molecule has 3 heterocycles. The molecule has 2 saturated heterocycles. The summed E-state index contributed by atoms with van der Waals surface area (Å²) < 4.78 is 5.95. The van der Waals surface area contributed by atoms with E-state index in [2.05, 4.69) is 15.9 Å². The minimum absolute atomic E-state index is 0.227. The number of rotatable bonds is 4. The van der Waals surface area contributed by atoms with Crippen molar-refractivity contribution in [3.63, 3.8) is 0 Å². The summed E-state index contributed by atoms with van der Waals surface area (Å²) in [5.74, 6) is -1.88. The second kappa shape index (κ2) is 8.61. The average molecular weight is 564 g/mol. The van der Waals surface area contributed by atoms with Gasteiger partial charge in [0, 0.05) is 16.3 Å². The zero-order valence-corrected chi connectivity index (χ0v) is 21.4. The molecule has 3 aromatic rings. The molecule has 4 atom stereocenters. The number of ether oxygens (including phenoxy) is 1. The van der Waals surface area contributed by atoms with Crippen LogP contribution in [0.2, 0.25) is 5.02 Å². The number of carbonyl (C=O) groups is 3. The number of hydrogen-bond acceptors (Lipinski definition) is 5. The van der Waals surface area contributed by atoms with Gasteiger partial charge in [0.15, 0.2) is 5.78 Å². The zero-order chi connectivity index (χ0) is 25.1. The third kappa shape index (κ3) is 3.33. The van der Waals surface area contributed by atoms with Gasteiger partial charge in [-0.2, -0.15) is 0 Å². The van der Waals surface area contributed by atoms with Gasteiger partial charge in [0.2, 0.25) is 11.8 Å². The molecule has 3 aromatic carbocycles. The maximum atomic E-state index is 14.1. The number of para-hydroxylation sites is 1. The van der Waals surface area contributed by atoms with Crippen molar-refractivity contribution in [1.29, 1.82) is 0 Å². The largest absolute Gasteiger partial charge is 0.496 e. The molecule has 0 aromatic heterocycles. The lowest BCUT2D eigenvalue weighted by Crippen LogP contribution is -2.48. The van der Waals surface area contributed by atoms with Crippen LogP contribution in [0.5, 0.6) is 5.75 Å². The maximum absolute atomic E-state index is 14.1. The monoisotopic (exact) mass is 562 g/mol. The predicted molar refractivity (Wildman–Crippen MR) is 141 cm³/mol. The number of Topliss-reactive ketones (excluding diaryl/α,β-unsaturated/α-hetero) is 1. The highest BCUT2D eigenvalue weighted by atomic mass is 79.9. The Morgan fingerprint density at radius 2 is 1.75 bits per heavy atom. The fourth-order valence-electron chi connectivity index (χ4n) is 5.67. The molecule has 3 aliphatic heterocycles. The van der Waals surface area contributed by atoms with E-state index >= 15 is 0 Å². The van der Waals surface area contributed by atoms with E-state index in [0.29, 0.717) is 26.5 Å². The second-order valence-electron chi connectivity index (χ2n) is 9.02. The van der Waals surface area contributed by atoms with Gasteiger partial charge in [0.1, 0.15) is 11.8 Å². The van der Waals surface area contributed by atoms with Crippen LogP contribution < -0.4 is 14.5 Å². The number of imide groups is 1. The van der Waals surface area contributed by atoms with Gasteiger partial charge < -0.3 is 9.64 Å². The molecule has 180 valence electrons. The number of methoxy groups -OCH3 is 1. The first-order valence-corrected chi connectivity index (χ1v) is 12.6. The smallest absolute Gasteiger partial charge is 0.240 e. The molecule has 6 rings (SSSR count). The first-order valence-electron chi connectivity index (χ1n) is 11.5. The minimum Gasteiger partial charge on any atom is -0.496 e. The zero-order valence-electron chi connectivity index (χ0n) is 19.1. The van der Waals surface area contributed by atoms with E-state index in [0.717, 1.165) is 11.3 Å². The summed E-state index contributed by atoms with van der Waals surface area (Å²) >= 11 is 9.63. The number of hydrogen-bond donors (Lipinski definition) is 0. The fraction of sp³-hybridized carbons (Fsp3) is 0.179. The van der Waals surface area contributed by atoms with E-state index in [4.69, 9.17) is 16.3 Å². The number of benzene rings is 3. The first-order chi connectivity index (χ1) is 17.4. The Labute approximate surface area is 221 Å². The van der Waals surface area contributed by atoms with Gasteiger partial charge in [-0.15, -0.1) is 0 Å². The topological polar surface area (TPSA) is 66.9 Å². The lowest BCUT2D eigenvalue weighted by molar-refractivity contribution is -0.122. The summed E-state index contributed by atoms with van der Waals surface area (Å²) in [6.07, 6.45) is 3.90. The number of amides is 2. The van der Waals surface area contributed by atoms with E-state index in [1.807, 2.05) is 41.3 Å². The molecule has 0 spiro atoms. The van der Waals surface area contributed by atoms with Crippen LogP contribution in [0.1, 0.15) is 15.9 Å². The van der Waals surface area contributed by atoms with Gasteiger partial charge in [0.25, 0.3) is 0 Å². The number of halogens is 2. The van der Waals surface area contributed by atoms with E-state index in [-0.39, 0.29) is 11.7 Å². The molecule has 0 saturated carbocycles. The third-order valence-electron chi connectivity index (χ3n) is 7.19. The first kappa shape index (κ1) is 23.0. The van der Waals surface area contributed by atoms with Gasteiger partial charge in [-0.05, 0) is 64.0 Å².